The Bertz CT molecular complexity index is 3040. The lowest BCUT2D eigenvalue weighted by Crippen LogP contribution is -2.57. The van der Waals surface area contributed by atoms with E-state index in [1.54, 1.807) is 0 Å². The highest BCUT2D eigenvalue weighted by Gasteiger charge is 2.44. The summed E-state index contributed by atoms with van der Waals surface area (Å²) >= 11 is 1.93. The molecule has 0 atom stereocenters. The Morgan fingerprint density at radius 3 is 2.12 bits per heavy atom. The fraction of sp³-hybridized carbons (Fsp3) is 0. The Hall–Kier alpha value is -5.84. The van der Waals surface area contributed by atoms with Crippen molar-refractivity contribution in [2.75, 3.05) is 4.90 Å². The van der Waals surface area contributed by atoms with Crippen molar-refractivity contribution >= 4 is 110 Å². The van der Waals surface area contributed by atoms with Crippen LogP contribution in [0.25, 0.3) is 74.6 Å². The van der Waals surface area contributed by atoms with E-state index in [-0.39, 0.29) is 6.85 Å². The largest absolute Gasteiger partial charge is 0.375 e. The molecule has 0 radical (unpaired) electrons. The fourth-order valence-electron chi connectivity index (χ4n) is 8.99. The van der Waals surface area contributed by atoms with Crippen molar-refractivity contribution in [2.24, 2.45) is 0 Å². The molecule has 8 aromatic carbocycles. The smallest absolute Gasteiger partial charge is 0.333 e. The molecule has 0 bridgehead atoms. The number of anilines is 3. The second-order valence-electron chi connectivity index (χ2n) is 13.2. The van der Waals surface area contributed by atoms with E-state index in [2.05, 4.69) is 161 Å². The Morgan fingerprint density at radius 2 is 1.21 bits per heavy atom. The minimum absolute atomic E-state index is 0.0136. The predicted molar refractivity (Wildman–Crippen MR) is 208 cm³/mol. The molecule has 2 aliphatic heterocycles. The lowest BCUT2D eigenvalue weighted by molar-refractivity contribution is 1.27. The van der Waals surface area contributed by atoms with E-state index < -0.39 is 0 Å². The first-order valence-corrected chi connectivity index (χ1v) is 17.5. The van der Waals surface area contributed by atoms with Crippen molar-refractivity contribution < 1.29 is 0 Å². The monoisotopic (exact) mass is 624 g/mol. The summed E-state index contributed by atoms with van der Waals surface area (Å²) in [6.07, 6.45) is 0. The SMILES string of the molecule is c1ccc2cc(N3c4ccc5ccccc5c4B4c5c(cc6c(sc7ccccc76)c53)-c3cccc5c6ccccc6n4c35)ccc2c1. The van der Waals surface area contributed by atoms with Crippen LogP contribution in [0.15, 0.2) is 152 Å². The summed E-state index contributed by atoms with van der Waals surface area (Å²) in [5, 5.41) is 10.4. The van der Waals surface area contributed by atoms with Crippen LogP contribution < -0.4 is 15.8 Å². The number of fused-ring (bicyclic) bond motifs is 14. The third-order valence-electron chi connectivity index (χ3n) is 10.9. The molecule has 4 heterocycles. The minimum atomic E-state index is 0.0136. The van der Waals surface area contributed by atoms with Gasteiger partial charge in [-0.3, -0.25) is 0 Å². The predicted octanol–water partition coefficient (Wildman–Crippen LogP) is 10.9. The quantitative estimate of drug-likeness (QED) is 0.165. The standard InChI is InChI=1S/C44H25BN2S/c1-2-12-28-24-29(22-20-26(28)10-1)46-38-23-21-27-11-3-4-13-30(27)40(38)45-41-35(25-36-32-15-6-8-19-39(32)48-44(36)43(41)46)34-17-9-16-33-31-14-5-7-18-37(31)47(45)42(33)34/h1-25H. The average Bonchev–Trinajstić information content (AvgIpc) is 3.69. The highest BCUT2D eigenvalue weighted by atomic mass is 32.1. The van der Waals surface area contributed by atoms with E-state index in [1.807, 2.05) is 11.3 Å². The molecule has 0 N–H and O–H groups in total. The van der Waals surface area contributed by atoms with Crippen LogP contribution in [-0.2, 0) is 0 Å². The van der Waals surface area contributed by atoms with Crippen LogP contribution in [0, 0.1) is 0 Å². The van der Waals surface area contributed by atoms with Gasteiger partial charge in [-0.2, -0.15) is 0 Å². The van der Waals surface area contributed by atoms with Gasteiger partial charge in [0.1, 0.15) is 0 Å². The molecule has 0 aliphatic carbocycles. The molecule has 0 spiro atoms. The van der Waals surface area contributed by atoms with Crippen molar-refractivity contribution in [3.05, 3.63) is 152 Å². The van der Waals surface area contributed by atoms with Gasteiger partial charge in [0, 0.05) is 54.2 Å². The molecular formula is C44H25BN2S. The third kappa shape index (κ3) is 3.05. The number of nitrogens with zero attached hydrogens (tertiary/aromatic N) is 2. The van der Waals surface area contributed by atoms with Gasteiger partial charge in [-0.1, -0.05) is 115 Å². The van der Waals surface area contributed by atoms with Gasteiger partial charge in [-0.15, -0.1) is 11.3 Å². The number of hydrogen-bond donors (Lipinski definition) is 0. The number of rotatable bonds is 1. The van der Waals surface area contributed by atoms with Gasteiger partial charge in [0.05, 0.1) is 10.4 Å². The molecule has 2 aromatic heterocycles. The van der Waals surface area contributed by atoms with E-state index in [0.717, 1.165) is 0 Å². The Balaban J connectivity index is 1.34. The van der Waals surface area contributed by atoms with Crippen LogP contribution >= 0.6 is 11.3 Å². The van der Waals surface area contributed by atoms with Crippen molar-refractivity contribution in [1.29, 1.82) is 0 Å². The fourth-order valence-corrected chi connectivity index (χ4v) is 10.2. The van der Waals surface area contributed by atoms with Gasteiger partial charge in [-0.25, -0.2) is 0 Å². The number of para-hydroxylation sites is 2. The molecule has 0 amide bonds. The molecule has 2 aliphatic rings. The maximum Gasteiger partial charge on any atom is 0.333 e. The van der Waals surface area contributed by atoms with Crippen LogP contribution in [0.3, 0.4) is 0 Å². The van der Waals surface area contributed by atoms with E-state index >= 15 is 0 Å². The van der Waals surface area contributed by atoms with Crippen LogP contribution in [0.1, 0.15) is 0 Å². The lowest BCUT2D eigenvalue weighted by atomic mass is 9.44. The van der Waals surface area contributed by atoms with Crippen molar-refractivity contribution in [2.45, 2.75) is 0 Å². The Kier molecular flexibility index (Phi) is 4.71. The molecule has 12 rings (SSSR count). The summed E-state index contributed by atoms with van der Waals surface area (Å²) in [5.41, 5.74) is 11.8. The molecule has 0 saturated heterocycles. The highest BCUT2D eigenvalue weighted by molar-refractivity contribution is 7.26. The zero-order chi connectivity index (χ0) is 31.1. The van der Waals surface area contributed by atoms with Gasteiger partial charge in [0.25, 0.3) is 0 Å². The summed E-state index contributed by atoms with van der Waals surface area (Å²) in [5.74, 6) is 0. The molecular weight excluding hydrogens is 599 g/mol. The van der Waals surface area contributed by atoms with Gasteiger partial charge in [0.2, 0.25) is 0 Å². The molecule has 10 aromatic rings. The number of thiophene rings is 1. The maximum atomic E-state index is 2.67. The highest BCUT2D eigenvalue weighted by Crippen LogP contribution is 2.51. The van der Waals surface area contributed by atoms with Crippen LogP contribution in [0.5, 0.6) is 0 Å². The van der Waals surface area contributed by atoms with Crippen molar-refractivity contribution in [1.82, 2.24) is 4.48 Å². The number of hydrogen-bond acceptors (Lipinski definition) is 2. The Morgan fingerprint density at radius 1 is 0.479 bits per heavy atom. The average molecular weight is 625 g/mol. The van der Waals surface area contributed by atoms with Gasteiger partial charge < -0.3 is 9.38 Å². The van der Waals surface area contributed by atoms with Gasteiger partial charge in [-0.05, 0) is 74.4 Å². The van der Waals surface area contributed by atoms with Crippen LogP contribution in [0.4, 0.5) is 17.1 Å². The second-order valence-corrected chi connectivity index (χ2v) is 14.3. The molecule has 0 saturated carbocycles. The molecule has 48 heavy (non-hydrogen) atoms. The maximum absolute atomic E-state index is 2.67. The summed E-state index contributed by atoms with van der Waals surface area (Å²) in [6.45, 7) is 0.0136. The topological polar surface area (TPSA) is 8.17 Å². The second kappa shape index (κ2) is 8.94. The summed E-state index contributed by atoms with van der Waals surface area (Å²) in [7, 11) is 0. The first-order valence-electron chi connectivity index (χ1n) is 16.6. The van der Waals surface area contributed by atoms with E-state index in [0.29, 0.717) is 0 Å². The van der Waals surface area contributed by atoms with Crippen LogP contribution in [-0.4, -0.2) is 11.3 Å². The first kappa shape index (κ1) is 25.3. The van der Waals surface area contributed by atoms with Crippen molar-refractivity contribution in [3.8, 4) is 11.1 Å². The number of benzene rings is 8. The molecule has 0 unspecified atom stereocenters. The summed E-state index contributed by atoms with van der Waals surface area (Å²) < 4.78 is 5.35. The minimum Gasteiger partial charge on any atom is -0.375 e. The first-order chi connectivity index (χ1) is 23.8. The molecule has 220 valence electrons. The number of aromatic nitrogens is 1. The Labute approximate surface area is 280 Å². The lowest BCUT2D eigenvalue weighted by Gasteiger charge is -2.41. The molecule has 4 heteroatoms. The summed E-state index contributed by atoms with van der Waals surface area (Å²) in [4.78, 5) is 2.60. The van der Waals surface area contributed by atoms with Crippen molar-refractivity contribution in [3.63, 3.8) is 0 Å². The summed E-state index contributed by atoms with van der Waals surface area (Å²) in [6, 6.07) is 56.8. The van der Waals surface area contributed by atoms with Gasteiger partial charge in [0.15, 0.2) is 0 Å². The third-order valence-corrected chi connectivity index (χ3v) is 12.1. The van der Waals surface area contributed by atoms with E-state index in [4.69, 9.17) is 0 Å². The molecule has 2 nitrogen and oxygen atoms in total. The van der Waals surface area contributed by atoms with Gasteiger partial charge >= 0.3 is 6.85 Å². The van der Waals surface area contributed by atoms with E-state index in [1.165, 1.54) is 103 Å². The zero-order valence-electron chi connectivity index (χ0n) is 25.8. The van der Waals surface area contributed by atoms with Crippen LogP contribution in [0.2, 0.25) is 0 Å². The zero-order valence-corrected chi connectivity index (χ0v) is 26.6. The van der Waals surface area contributed by atoms with E-state index in [9.17, 15) is 0 Å². The molecule has 0 fully saturated rings. The normalized spacial score (nSPS) is 13.3.